The molecule has 0 aliphatic rings. The molecule has 0 atom stereocenters. The van der Waals surface area contributed by atoms with E-state index in [-0.39, 0.29) is 5.97 Å². The molecule has 82 valence electrons. The number of rotatable bonds is 4. The van der Waals surface area contributed by atoms with Crippen LogP contribution in [0.3, 0.4) is 0 Å². The maximum Gasteiger partial charge on any atom is 0.305 e. The Hall–Kier alpha value is -1.51. The average molecular weight is 207 g/mol. The lowest BCUT2D eigenvalue weighted by Crippen LogP contribution is -2.09. The molecule has 0 aliphatic carbocycles. The third-order valence-corrected chi connectivity index (χ3v) is 2.27. The van der Waals surface area contributed by atoms with Gasteiger partial charge in [0.05, 0.1) is 7.11 Å². The minimum absolute atomic E-state index is 0.162. The molecule has 0 saturated carbocycles. The van der Waals surface area contributed by atoms with Crippen molar-refractivity contribution in [1.29, 1.82) is 0 Å². The molecule has 1 aromatic carbocycles. The van der Waals surface area contributed by atoms with Gasteiger partial charge in [-0.3, -0.25) is 4.79 Å². The van der Waals surface area contributed by atoms with E-state index in [0.717, 1.165) is 17.7 Å². The Morgan fingerprint density at radius 3 is 2.73 bits per heavy atom. The van der Waals surface area contributed by atoms with E-state index in [9.17, 15) is 4.79 Å². The molecule has 15 heavy (non-hydrogen) atoms. The van der Waals surface area contributed by atoms with Gasteiger partial charge in [0.15, 0.2) is 0 Å². The SMILES string of the molecule is COC(=O)CCc1cccc(N(C)C)c1. The van der Waals surface area contributed by atoms with Gasteiger partial charge in [0.2, 0.25) is 0 Å². The van der Waals surface area contributed by atoms with Crippen LogP contribution in [0, 0.1) is 0 Å². The van der Waals surface area contributed by atoms with E-state index in [4.69, 9.17) is 0 Å². The zero-order valence-electron chi connectivity index (χ0n) is 9.49. The monoisotopic (exact) mass is 207 g/mol. The second kappa shape index (κ2) is 5.39. The molecule has 0 fully saturated rings. The Morgan fingerprint density at radius 1 is 1.40 bits per heavy atom. The largest absolute Gasteiger partial charge is 0.469 e. The van der Waals surface area contributed by atoms with Crippen molar-refractivity contribution in [3.63, 3.8) is 0 Å². The van der Waals surface area contributed by atoms with E-state index in [1.807, 2.05) is 37.2 Å². The highest BCUT2D eigenvalue weighted by atomic mass is 16.5. The van der Waals surface area contributed by atoms with E-state index < -0.39 is 0 Å². The van der Waals surface area contributed by atoms with Crippen LogP contribution >= 0.6 is 0 Å². The summed E-state index contributed by atoms with van der Waals surface area (Å²) in [5.74, 6) is -0.162. The molecule has 1 aromatic rings. The van der Waals surface area contributed by atoms with E-state index in [1.165, 1.54) is 7.11 Å². The summed E-state index contributed by atoms with van der Waals surface area (Å²) < 4.78 is 4.60. The Balaban J connectivity index is 2.61. The molecule has 0 N–H and O–H groups in total. The molecular formula is C12H17NO2. The second-order valence-corrected chi connectivity index (χ2v) is 3.64. The Labute approximate surface area is 90.7 Å². The molecule has 0 saturated heterocycles. The quantitative estimate of drug-likeness (QED) is 0.706. The smallest absolute Gasteiger partial charge is 0.305 e. The summed E-state index contributed by atoms with van der Waals surface area (Å²) in [5, 5.41) is 0. The average Bonchev–Trinajstić information content (AvgIpc) is 2.26. The Bertz CT molecular complexity index is 334. The van der Waals surface area contributed by atoms with Crippen molar-refractivity contribution in [3.05, 3.63) is 29.8 Å². The van der Waals surface area contributed by atoms with Crippen molar-refractivity contribution in [2.24, 2.45) is 0 Å². The number of methoxy groups -OCH3 is 1. The number of anilines is 1. The first-order valence-electron chi connectivity index (χ1n) is 4.96. The molecule has 0 radical (unpaired) electrons. The first-order chi connectivity index (χ1) is 7.13. The molecule has 0 aromatic heterocycles. The van der Waals surface area contributed by atoms with E-state index >= 15 is 0 Å². The number of esters is 1. The fourth-order valence-electron chi connectivity index (χ4n) is 1.34. The number of nitrogens with zero attached hydrogens (tertiary/aromatic N) is 1. The van der Waals surface area contributed by atoms with Crippen molar-refractivity contribution in [2.75, 3.05) is 26.1 Å². The van der Waals surface area contributed by atoms with Gasteiger partial charge in [0, 0.05) is 26.2 Å². The van der Waals surface area contributed by atoms with Crippen molar-refractivity contribution >= 4 is 11.7 Å². The van der Waals surface area contributed by atoms with Crippen LogP contribution in [0.2, 0.25) is 0 Å². The van der Waals surface area contributed by atoms with Gasteiger partial charge in [-0.25, -0.2) is 0 Å². The highest BCUT2D eigenvalue weighted by molar-refractivity contribution is 5.69. The summed E-state index contributed by atoms with van der Waals surface area (Å²) in [6, 6.07) is 8.16. The van der Waals surface area contributed by atoms with Gasteiger partial charge in [-0.2, -0.15) is 0 Å². The third-order valence-electron chi connectivity index (χ3n) is 2.27. The lowest BCUT2D eigenvalue weighted by Gasteiger charge is -2.13. The normalized spacial score (nSPS) is 9.80. The van der Waals surface area contributed by atoms with Gasteiger partial charge in [-0.1, -0.05) is 12.1 Å². The van der Waals surface area contributed by atoms with Gasteiger partial charge in [0.25, 0.3) is 0 Å². The second-order valence-electron chi connectivity index (χ2n) is 3.64. The summed E-state index contributed by atoms with van der Waals surface area (Å²) in [4.78, 5) is 13.0. The van der Waals surface area contributed by atoms with Gasteiger partial charge in [0.1, 0.15) is 0 Å². The van der Waals surface area contributed by atoms with E-state index in [2.05, 4.69) is 10.8 Å². The molecular weight excluding hydrogens is 190 g/mol. The van der Waals surface area contributed by atoms with Crippen LogP contribution in [0.1, 0.15) is 12.0 Å². The predicted octanol–water partition coefficient (Wildman–Crippen LogP) is 1.86. The molecule has 0 unspecified atom stereocenters. The molecule has 1 rings (SSSR count). The van der Waals surface area contributed by atoms with Crippen LogP contribution in [-0.4, -0.2) is 27.2 Å². The molecule has 0 amide bonds. The highest BCUT2D eigenvalue weighted by Gasteiger charge is 2.02. The lowest BCUT2D eigenvalue weighted by atomic mass is 10.1. The number of ether oxygens (including phenoxy) is 1. The van der Waals surface area contributed by atoms with Crippen LogP contribution in [0.25, 0.3) is 0 Å². The Kier molecular flexibility index (Phi) is 4.16. The number of hydrogen-bond acceptors (Lipinski definition) is 3. The number of benzene rings is 1. The molecule has 0 aliphatic heterocycles. The first kappa shape index (κ1) is 11.6. The van der Waals surface area contributed by atoms with Crippen LogP contribution in [0.5, 0.6) is 0 Å². The van der Waals surface area contributed by atoms with Crippen molar-refractivity contribution in [2.45, 2.75) is 12.8 Å². The number of aryl methyl sites for hydroxylation is 1. The summed E-state index contributed by atoms with van der Waals surface area (Å²) >= 11 is 0. The van der Waals surface area contributed by atoms with E-state index in [1.54, 1.807) is 0 Å². The summed E-state index contributed by atoms with van der Waals surface area (Å²) in [7, 11) is 5.41. The minimum Gasteiger partial charge on any atom is -0.469 e. The lowest BCUT2D eigenvalue weighted by molar-refractivity contribution is -0.140. The third kappa shape index (κ3) is 3.62. The Morgan fingerprint density at radius 2 is 2.13 bits per heavy atom. The van der Waals surface area contributed by atoms with E-state index in [0.29, 0.717) is 6.42 Å². The maximum atomic E-state index is 11.0. The fraction of sp³-hybridized carbons (Fsp3) is 0.417. The maximum absolute atomic E-state index is 11.0. The topological polar surface area (TPSA) is 29.5 Å². The van der Waals surface area contributed by atoms with Gasteiger partial charge >= 0.3 is 5.97 Å². The number of carbonyl (C=O) groups is 1. The number of carbonyl (C=O) groups excluding carboxylic acids is 1. The minimum atomic E-state index is -0.162. The molecule has 0 bridgehead atoms. The van der Waals surface area contributed by atoms with Gasteiger partial charge < -0.3 is 9.64 Å². The zero-order valence-corrected chi connectivity index (χ0v) is 9.49. The van der Waals surface area contributed by atoms with Gasteiger partial charge in [-0.15, -0.1) is 0 Å². The zero-order chi connectivity index (χ0) is 11.3. The predicted molar refractivity (Wildman–Crippen MR) is 61.1 cm³/mol. The molecule has 3 heteroatoms. The first-order valence-corrected chi connectivity index (χ1v) is 4.96. The van der Waals surface area contributed by atoms with Crippen LogP contribution in [0.4, 0.5) is 5.69 Å². The van der Waals surface area contributed by atoms with Crippen molar-refractivity contribution in [3.8, 4) is 0 Å². The molecule has 0 heterocycles. The summed E-state index contributed by atoms with van der Waals surface area (Å²) in [6.07, 6.45) is 1.17. The van der Waals surface area contributed by atoms with Crippen LogP contribution < -0.4 is 4.90 Å². The molecule has 0 spiro atoms. The van der Waals surface area contributed by atoms with Crippen molar-refractivity contribution in [1.82, 2.24) is 0 Å². The fourth-order valence-corrected chi connectivity index (χ4v) is 1.34. The highest BCUT2D eigenvalue weighted by Crippen LogP contribution is 2.14. The summed E-state index contributed by atoms with van der Waals surface area (Å²) in [5.41, 5.74) is 2.31. The van der Waals surface area contributed by atoms with Crippen LogP contribution in [-0.2, 0) is 16.0 Å². The van der Waals surface area contributed by atoms with Gasteiger partial charge in [-0.05, 0) is 24.1 Å². The standard InChI is InChI=1S/C12H17NO2/c1-13(2)11-6-4-5-10(9-11)7-8-12(14)15-3/h4-6,9H,7-8H2,1-3H3. The van der Waals surface area contributed by atoms with Crippen molar-refractivity contribution < 1.29 is 9.53 Å². The van der Waals surface area contributed by atoms with Crippen LogP contribution in [0.15, 0.2) is 24.3 Å². The molecule has 3 nitrogen and oxygen atoms in total. The number of hydrogen-bond donors (Lipinski definition) is 0. The summed E-state index contributed by atoms with van der Waals surface area (Å²) in [6.45, 7) is 0.